The highest BCUT2D eigenvalue weighted by Gasteiger charge is 2.16. The minimum absolute atomic E-state index is 0.0991. The highest BCUT2D eigenvalue weighted by molar-refractivity contribution is 6.31. The van der Waals surface area contributed by atoms with Crippen LogP contribution < -0.4 is 10.2 Å². The predicted molar refractivity (Wildman–Crippen MR) is 107 cm³/mol. The molecule has 2 amide bonds. The summed E-state index contributed by atoms with van der Waals surface area (Å²) < 4.78 is 0. The van der Waals surface area contributed by atoms with Gasteiger partial charge in [-0.25, -0.2) is 0 Å². The molecule has 2 aromatic rings. The van der Waals surface area contributed by atoms with Crippen molar-refractivity contribution in [1.82, 2.24) is 5.32 Å². The van der Waals surface area contributed by atoms with Crippen molar-refractivity contribution < 1.29 is 9.59 Å². The molecule has 0 fully saturated rings. The fourth-order valence-corrected chi connectivity index (χ4v) is 3.06. The Morgan fingerprint density at radius 1 is 1.12 bits per heavy atom. The largest absolute Gasteiger partial charge is 0.356 e. The first kappa shape index (κ1) is 20.3. The standard InChI is InChI=1S/C20H22Cl2N2O2/c1-14-18(22)7-4-8-19(14)24(15(2)25)12-10-20(26)23-11-9-16-5-3-6-17(21)13-16/h3-8,13H,9-12H2,1-2H3,(H,23,26). The second kappa shape index (κ2) is 9.60. The molecule has 0 saturated heterocycles. The van der Waals surface area contributed by atoms with E-state index in [1.54, 1.807) is 17.0 Å². The van der Waals surface area contributed by atoms with Crippen LogP contribution in [0.2, 0.25) is 10.0 Å². The van der Waals surface area contributed by atoms with Crippen LogP contribution in [-0.4, -0.2) is 24.9 Å². The third-order valence-electron chi connectivity index (χ3n) is 4.10. The van der Waals surface area contributed by atoms with Crippen molar-refractivity contribution in [3.05, 3.63) is 63.6 Å². The minimum Gasteiger partial charge on any atom is -0.356 e. The van der Waals surface area contributed by atoms with E-state index in [2.05, 4.69) is 5.32 Å². The lowest BCUT2D eigenvalue weighted by molar-refractivity contribution is -0.121. The Kier molecular flexibility index (Phi) is 7.49. The number of anilines is 1. The Labute approximate surface area is 164 Å². The fraction of sp³-hybridized carbons (Fsp3) is 0.300. The summed E-state index contributed by atoms with van der Waals surface area (Å²) in [5.41, 5.74) is 2.63. The van der Waals surface area contributed by atoms with Crippen LogP contribution in [0.5, 0.6) is 0 Å². The molecular formula is C20H22Cl2N2O2. The van der Waals surface area contributed by atoms with Crippen LogP contribution in [0.4, 0.5) is 5.69 Å². The summed E-state index contributed by atoms with van der Waals surface area (Å²) in [6.45, 7) is 4.17. The molecule has 6 heteroatoms. The average molecular weight is 393 g/mol. The van der Waals surface area contributed by atoms with Gasteiger partial charge in [-0.15, -0.1) is 0 Å². The zero-order chi connectivity index (χ0) is 19.1. The topological polar surface area (TPSA) is 49.4 Å². The second-order valence-corrected chi connectivity index (χ2v) is 6.88. The Balaban J connectivity index is 1.87. The van der Waals surface area contributed by atoms with E-state index in [1.165, 1.54) is 6.92 Å². The van der Waals surface area contributed by atoms with Gasteiger partial charge >= 0.3 is 0 Å². The third kappa shape index (κ3) is 5.75. The summed E-state index contributed by atoms with van der Waals surface area (Å²) in [6, 6.07) is 13.0. The summed E-state index contributed by atoms with van der Waals surface area (Å²) in [5, 5.41) is 4.16. The molecule has 1 N–H and O–H groups in total. The highest BCUT2D eigenvalue weighted by atomic mass is 35.5. The zero-order valence-corrected chi connectivity index (χ0v) is 16.4. The molecule has 2 aromatic carbocycles. The zero-order valence-electron chi connectivity index (χ0n) is 14.9. The average Bonchev–Trinajstić information content (AvgIpc) is 2.58. The van der Waals surface area contributed by atoms with Crippen LogP contribution >= 0.6 is 23.2 Å². The van der Waals surface area contributed by atoms with Crippen LogP contribution in [0.3, 0.4) is 0 Å². The normalized spacial score (nSPS) is 10.5. The first-order valence-electron chi connectivity index (χ1n) is 8.43. The molecule has 138 valence electrons. The van der Waals surface area contributed by atoms with Gasteiger partial charge in [0.2, 0.25) is 11.8 Å². The van der Waals surface area contributed by atoms with Crippen molar-refractivity contribution in [2.75, 3.05) is 18.0 Å². The lowest BCUT2D eigenvalue weighted by atomic mass is 10.1. The van der Waals surface area contributed by atoms with Gasteiger partial charge in [0.05, 0.1) is 0 Å². The van der Waals surface area contributed by atoms with Crippen molar-refractivity contribution in [1.29, 1.82) is 0 Å². The summed E-state index contributed by atoms with van der Waals surface area (Å²) >= 11 is 12.1. The molecule has 0 radical (unpaired) electrons. The molecular weight excluding hydrogens is 371 g/mol. The van der Waals surface area contributed by atoms with Crippen LogP contribution in [0.15, 0.2) is 42.5 Å². The molecule has 2 rings (SSSR count). The summed E-state index contributed by atoms with van der Waals surface area (Å²) in [7, 11) is 0. The Bertz CT molecular complexity index is 793. The number of benzene rings is 2. The van der Waals surface area contributed by atoms with Gasteiger partial charge in [-0.3, -0.25) is 9.59 Å². The molecule has 26 heavy (non-hydrogen) atoms. The molecule has 0 spiro atoms. The second-order valence-electron chi connectivity index (χ2n) is 6.03. The Morgan fingerprint density at radius 3 is 2.54 bits per heavy atom. The van der Waals surface area contributed by atoms with Gasteiger partial charge in [-0.2, -0.15) is 0 Å². The van der Waals surface area contributed by atoms with E-state index in [0.29, 0.717) is 29.6 Å². The van der Waals surface area contributed by atoms with Crippen LogP contribution in [0, 0.1) is 6.92 Å². The lowest BCUT2D eigenvalue weighted by Crippen LogP contribution is -2.34. The number of rotatable bonds is 7. The Hall–Kier alpha value is -2.04. The molecule has 0 bridgehead atoms. The number of nitrogens with zero attached hydrogens (tertiary/aromatic N) is 1. The van der Waals surface area contributed by atoms with E-state index in [-0.39, 0.29) is 18.2 Å². The molecule has 0 unspecified atom stereocenters. The molecule has 0 aliphatic carbocycles. The number of carbonyl (C=O) groups excluding carboxylic acids is 2. The molecule has 0 aliphatic heterocycles. The molecule has 0 atom stereocenters. The molecule has 4 nitrogen and oxygen atoms in total. The first-order valence-corrected chi connectivity index (χ1v) is 9.18. The number of hydrogen-bond donors (Lipinski definition) is 1. The van der Waals surface area contributed by atoms with E-state index in [0.717, 1.165) is 16.8 Å². The van der Waals surface area contributed by atoms with E-state index in [1.807, 2.05) is 37.3 Å². The van der Waals surface area contributed by atoms with Crippen molar-refractivity contribution in [3.63, 3.8) is 0 Å². The minimum atomic E-state index is -0.123. The monoisotopic (exact) mass is 392 g/mol. The van der Waals surface area contributed by atoms with Gasteiger partial charge in [0.1, 0.15) is 0 Å². The van der Waals surface area contributed by atoms with Gasteiger partial charge < -0.3 is 10.2 Å². The highest BCUT2D eigenvalue weighted by Crippen LogP contribution is 2.26. The van der Waals surface area contributed by atoms with E-state index < -0.39 is 0 Å². The number of hydrogen-bond acceptors (Lipinski definition) is 2. The van der Waals surface area contributed by atoms with Crippen molar-refractivity contribution in [2.24, 2.45) is 0 Å². The van der Waals surface area contributed by atoms with Gasteiger partial charge in [0.25, 0.3) is 0 Å². The van der Waals surface area contributed by atoms with Gasteiger partial charge in [0.15, 0.2) is 0 Å². The van der Waals surface area contributed by atoms with Crippen LogP contribution in [-0.2, 0) is 16.0 Å². The molecule has 0 saturated carbocycles. The Morgan fingerprint density at radius 2 is 1.85 bits per heavy atom. The van der Waals surface area contributed by atoms with Gasteiger partial charge in [0, 0.05) is 42.2 Å². The lowest BCUT2D eigenvalue weighted by Gasteiger charge is -2.23. The van der Waals surface area contributed by atoms with Gasteiger partial charge in [-0.05, 0) is 48.7 Å². The third-order valence-corrected chi connectivity index (χ3v) is 4.74. The van der Waals surface area contributed by atoms with Crippen LogP contribution in [0.1, 0.15) is 24.5 Å². The fourth-order valence-electron chi connectivity index (χ4n) is 2.68. The maximum Gasteiger partial charge on any atom is 0.223 e. The molecule has 0 aliphatic rings. The number of amides is 2. The maximum atomic E-state index is 12.1. The van der Waals surface area contributed by atoms with E-state index >= 15 is 0 Å². The van der Waals surface area contributed by atoms with Crippen molar-refractivity contribution in [3.8, 4) is 0 Å². The van der Waals surface area contributed by atoms with Gasteiger partial charge in [-0.1, -0.05) is 41.4 Å². The molecule has 0 heterocycles. The van der Waals surface area contributed by atoms with Crippen molar-refractivity contribution in [2.45, 2.75) is 26.7 Å². The number of halogens is 2. The van der Waals surface area contributed by atoms with Crippen molar-refractivity contribution >= 4 is 40.7 Å². The number of nitrogens with one attached hydrogen (secondary N) is 1. The molecule has 0 aromatic heterocycles. The predicted octanol–water partition coefficient (Wildman–Crippen LogP) is 4.40. The van der Waals surface area contributed by atoms with E-state index in [4.69, 9.17) is 23.2 Å². The summed E-state index contributed by atoms with van der Waals surface area (Å²) in [5.74, 6) is -0.222. The number of carbonyl (C=O) groups is 2. The first-order chi connectivity index (χ1) is 12.4. The van der Waals surface area contributed by atoms with E-state index in [9.17, 15) is 9.59 Å². The SMILES string of the molecule is CC(=O)N(CCC(=O)NCCc1cccc(Cl)c1)c1cccc(Cl)c1C. The summed E-state index contributed by atoms with van der Waals surface area (Å²) in [4.78, 5) is 25.7. The summed E-state index contributed by atoms with van der Waals surface area (Å²) in [6.07, 6.45) is 0.928. The quantitative estimate of drug-likeness (QED) is 0.758. The smallest absolute Gasteiger partial charge is 0.223 e. The van der Waals surface area contributed by atoms with Crippen LogP contribution in [0.25, 0.3) is 0 Å². The maximum absolute atomic E-state index is 12.1.